The fourth-order valence-corrected chi connectivity index (χ4v) is 3.49. The van der Waals surface area contributed by atoms with Gasteiger partial charge in [-0.25, -0.2) is 4.99 Å². The number of amidine groups is 1. The molecule has 0 aromatic heterocycles. The molecule has 1 atom stereocenters. The van der Waals surface area contributed by atoms with Gasteiger partial charge in [0.2, 0.25) is 0 Å². The molecule has 0 amide bonds. The van der Waals surface area contributed by atoms with Gasteiger partial charge in [0.25, 0.3) is 0 Å². The van der Waals surface area contributed by atoms with Crippen molar-refractivity contribution in [1.82, 2.24) is 4.90 Å². The van der Waals surface area contributed by atoms with Crippen LogP contribution in [0, 0.1) is 5.41 Å². The predicted octanol–water partition coefficient (Wildman–Crippen LogP) is 3.52. The van der Waals surface area contributed by atoms with Gasteiger partial charge in [-0.15, -0.1) is 6.58 Å². The lowest BCUT2D eigenvalue weighted by Gasteiger charge is -2.40. The molecule has 2 aliphatic heterocycles. The number of fused-ring (bicyclic) bond motifs is 3. The molecule has 1 unspecified atom stereocenters. The summed E-state index contributed by atoms with van der Waals surface area (Å²) < 4.78 is 0. The van der Waals surface area contributed by atoms with E-state index in [2.05, 4.69) is 62.7 Å². The van der Waals surface area contributed by atoms with E-state index in [0.29, 0.717) is 0 Å². The van der Waals surface area contributed by atoms with Crippen LogP contribution in [0.3, 0.4) is 0 Å². The fourth-order valence-electron chi connectivity index (χ4n) is 3.49. The van der Waals surface area contributed by atoms with Gasteiger partial charge in [0.15, 0.2) is 0 Å². The molecule has 18 heavy (non-hydrogen) atoms. The molecule has 1 aromatic carbocycles. The number of likely N-dealkylation sites (tertiary alicyclic amines) is 1. The Hall–Kier alpha value is -1.57. The quantitative estimate of drug-likeness (QED) is 0.722. The van der Waals surface area contributed by atoms with Gasteiger partial charge < -0.3 is 4.90 Å². The third-order valence-electron chi connectivity index (χ3n) is 4.77. The van der Waals surface area contributed by atoms with E-state index in [0.717, 1.165) is 18.7 Å². The Morgan fingerprint density at radius 1 is 1.39 bits per heavy atom. The first-order valence-electron chi connectivity index (χ1n) is 6.56. The fraction of sp³-hybridized carbons (Fsp3) is 0.438. The minimum Gasteiger partial charge on any atom is -0.362 e. The van der Waals surface area contributed by atoms with Crippen LogP contribution in [0.5, 0.6) is 0 Å². The summed E-state index contributed by atoms with van der Waals surface area (Å²) in [5.74, 6) is 1.22. The van der Waals surface area contributed by atoms with Crippen LogP contribution in [0.4, 0.5) is 5.69 Å². The zero-order valence-corrected chi connectivity index (χ0v) is 11.4. The maximum atomic E-state index is 4.88. The second kappa shape index (κ2) is 3.47. The second-order valence-corrected chi connectivity index (χ2v) is 5.96. The summed E-state index contributed by atoms with van der Waals surface area (Å²) in [4.78, 5) is 7.17. The Kier molecular flexibility index (Phi) is 2.22. The highest BCUT2D eigenvalue weighted by Gasteiger charge is 2.56. The van der Waals surface area contributed by atoms with E-state index in [9.17, 15) is 0 Å². The van der Waals surface area contributed by atoms with Crippen molar-refractivity contribution in [2.45, 2.75) is 25.7 Å². The van der Waals surface area contributed by atoms with E-state index >= 15 is 0 Å². The van der Waals surface area contributed by atoms with Gasteiger partial charge >= 0.3 is 0 Å². The summed E-state index contributed by atoms with van der Waals surface area (Å²) in [7, 11) is 2.14. The maximum Gasteiger partial charge on any atom is 0.116 e. The van der Waals surface area contributed by atoms with Crippen LogP contribution in [0.1, 0.15) is 25.8 Å². The zero-order valence-electron chi connectivity index (χ0n) is 11.4. The molecule has 1 fully saturated rings. The third kappa shape index (κ3) is 1.16. The van der Waals surface area contributed by atoms with E-state index in [4.69, 9.17) is 4.99 Å². The van der Waals surface area contributed by atoms with Crippen molar-refractivity contribution in [3.8, 4) is 0 Å². The highest BCUT2D eigenvalue weighted by atomic mass is 15.2. The molecule has 2 heteroatoms. The summed E-state index contributed by atoms with van der Waals surface area (Å²) in [6.45, 7) is 9.68. The number of likely N-dealkylation sites (N-methyl/N-ethyl adjacent to an activating group) is 1. The van der Waals surface area contributed by atoms with Crippen molar-refractivity contribution >= 4 is 11.5 Å². The van der Waals surface area contributed by atoms with Crippen LogP contribution in [0.15, 0.2) is 41.9 Å². The summed E-state index contributed by atoms with van der Waals surface area (Å²) in [6, 6.07) is 8.54. The lowest BCUT2D eigenvalue weighted by Crippen LogP contribution is -2.45. The second-order valence-electron chi connectivity index (χ2n) is 5.96. The maximum absolute atomic E-state index is 4.88. The van der Waals surface area contributed by atoms with Gasteiger partial charge in [-0.1, -0.05) is 38.1 Å². The Bertz CT molecular complexity index is 542. The van der Waals surface area contributed by atoms with Crippen LogP contribution >= 0.6 is 0 Å². The molecule has 3 rings (SSSR count). The van der Waals surface area contributed by atoms with Crippen molar-refractivity contribution < 1.29 is 0 Å². The standard InChI is InChI=1S/C16H20N2/c1-5-15(2,3)16-10-11-18(4)14(16)17-13-9-7-6-8-12(13)16/h5-9H,1,10-11H2,2-4H3. The van der Waals surface area contributed by atoms with Crippen LogP contribution < -0.4 is 0 Å². The normalized spacial score (nSPS) is 25.7. The van der Waals surface area contributed by atoms with Gasteiger partial charge in [-0.2, -0.15) is 0 Å². The summed E-state index contributed by atoms with van der Waals surface area (Å²) >= 11 is 0. The largest absolute Gasteiger partial charge is 0.362 e. The molecule has 1 aromatic rings. The number of rotatable bonds is 2. The molecule has 0 spiro atoms. The molecule has 0 saturated carbocycles. The molecule has 2 heterocycles. The Morgan fingerprint density at radius 2 is 2.11 bits per heavy atom. The molecule has 1 saturated heterocycles. The van der Waals surface area contributed by atoms with Crippen molar-refractivity contribution in [3.63, 3.8) is 0 Å². The number of hydrogen-bond acceptors (Lipinski definition) is 2. The molecule has 0 N–H and O–H groups in total. The smallest absolute Gasteiger partial charge is 0.116 e. The highest BCUT2D eigenvalue weighted by molar-refractivity contribution is 6.02. The average molecular weight is 240 g/mol. The molecule has 2 nitrogen and oxygen atoms in total. The SMILES string of the molecule is C=CC(C)(C)C12CCN(C)C1=Nc1ccccc12. The summed E-state index contributed by atoms with van der Waals surface area (Å²) in [5.41, 5.74) is 2.53. The van der Waals surface area contributed by atoms with Crippen molar-refractivity contribution in [3.05, 3.63) is 42.5 Å². The van der Waals surface area contributed by atoms with Gasteiger partial charge in [0.1, 0.15) is 5.84 Å². The molecule has 0 bridgehead atoms. The number of hydrogen-bond donors (Lipinski definition) is 0. The predicted molar refractivity (Wildman–Crippen MR) is 76.4 cm³/mol. The van der Waals surface area contributed by atoms with Gasteiger partial charge in [-0.05, 0) is 23.5 Å². The molecule has 94 valence electrons. The minimum absolute atomic E-state index is 0.0140. The van der Waals surface area contributed by atoms with Gasteiger partial charge in [-0.3, -0.25) is 0 Å². The van der Waals surface area contributed by atoms with Gasteiger partial charge in [0.05, 0.1) is 11.1 Å². The number of aliphatic imine (C=N–C) groups is 1. The van der Waals surface area contributed by atoms with Crippen LogP contribution in [0.25, 0.3) is 0 Å². The van der Waals surface area contributed by atoms with Gasteiger partial charge in [0, 0.05) is 13.6 Å². The lowest BCUT2D eigenvalue weighted by molar-refractivity contribution is 0.310. The van der Waals surface area contributed by atoms with Crippen LogP contribution in [0.2, 0.25) is 0 Å². The lowest BCUT2D eigenvalue weighted by atomic mass is 9.61. The molecule has 0 radical (unpaired) electrons. The first kappa shape index (κ1) is 11.5. The number of allylic oxidation sites excluding steroid dienone is 1. The first-order chi connectivity index (χ1) is 8.53. The van der Waals surface area contributed by atoms with E-state index in [1.54, 1.807) is 0 Å². The topological polar surface area (TPSA) is 15.6 Å². The Balaban J connectivity index is 2.28. The number of benzene rings is 1. The molecular weight excluding hydrogens is 220 g/mol. The molecule has 0 aliphatic carbocycles. The van der Waals surface area contributed by atoms with E-state index in [1.807, 2.05) is 0 Å². The Labute approximate surface area is 109 Å². The average Bonchev–Trinajstić information content (AvgIpc) is 2.87. The Morgan fingerprint density at radius 3 is 2.83 bits per heavy atom. The summed E-state index contributed by atoms with van der Waals surface area (Å²) in [6.07, 6.45) is 3.21. The van der Waals surface area contributed by atoms with E-state index in [-0.39, 0.29) is 10.8 Å². The summed E-state index contributed by atoms with van der Waals surface area (Å²) in [5, 5.41) is 0. The van der Waals surface area contributed by atoms with Crippen LogP contribution in [-0.2, 0) is 5.41 Å². The minimum atomic E-state index is 0.0140. The highest BCUT2D eigenvalue weighted by Crippen LogP contribution is 2.56. The number of nitrogens with zero attached hydrogens (tertiary/aromatic N) is 2. The van der Waals surface area contributed by atoms with E-state index < -0.39 is 0 Å². The molecule has 2 aliphatic rings. The third-order valence-corrected chi connectivity index (χ3v) is 4.77. The van der Waals surface area contributed by atoms with Crippen LogP contribution in [-0.4, -0.2) is 24.3 Å². The molecular formula is C16H20N2. The van der Waals surface area contributed by atoms with Crippen molar-refractivity contribution in [2.75, 3.05) is 13.6 Å². The van der Waals surface area contributed by atoms with Crippen molar-refractivity contribution in [1.29, 1.82) is 0 Å². The van der Waals surface area contributed by atoms with E-state index in [1.165, 1.54) is 11.4 Å². The van der Waals surface area contributed by atoms with Crippen molar-refractivity contribution in [2.24, 2.45) is 10.4 Å². The first-order valence-corrected chi connectivity index (χ1v) is 6.56. The zero-order chi connectivity index (χ0) is 13.0. The monoisotopic (exact) mass is 240 g/mol. The number of para-hydroxylation sites is 1.